The van der Waals surface area contributed by atoms with Gasteiger partial charge in [0.1, 0.15) is 42.2 Å². The molecule has 218 valence electrons. The highest BCUT2D eigenvalue weighted by atomic mass is 16.6. The van der Waals surface area contributed by atoms with Crippen molar-refractivity contribution in [3.05, 3.63) is 42.2 Å². The quantitative estimate of drug-likeness (QED) is 0.284. The number of aliphatic hydroxyl groups excluding tert-OH is 1. The van der Waals surface area contributed by atoms with Crippen molar-refractivity contribution >= 4 is 28.0 Å². The summed E-state index contributed by atoms with van der Waals surface area (Å²) in [5, 5.41) is 22.4. The summed E-state index contributed by atoms with van der Waals surface area (Å²) in [7, 11) is 0. The highest BCUT2D eigenvalue weighted by molar-refractivity contribution is 5.81. The molecule has 5 heterocycles. The second-order valence-electron chi connectivity index (χ2n) is 13.0. The number of nitrogens with two attached hydrogens (primary N) is 1. The minimum atomic E-state index is -0.889. The first-order valence-corrected chi connectivity index (χ1v) is 14.4. The minimum Gasteiger partial charge on any atom is -0.390 e. The molecule has 3 fully saturated rings. The molecule has 0 bridgehead atoms. The fourth-order valence-electron chi connectivity index (χ4n) is 6.68. The van der Waals surface area contributed by atoms with Gasteiger partial charge in [0, 0.05) is 19.0 Å². The lowest BCUT2D eigenvalue weighted by molar-refractivity contribution is -0.216. The van der Waals surface area contributed by atoms with Crippen molar-refractivity contribution < 1.29 is 19.7 Å². The van der Waals surface area contributed by atoms with Gasteiger partial charge >= 0.3 is 0 Å². The van der Waals surface area contributed by atoms with E-state index in [0.717, 1.165) is 16.9 Å². The number of benzene rings is 1. The Balaban J connectivity index is 0.982. The van der Waals surface area contributed by atoms with Crippen LogP contribution in [0.5, 0.6) is 0 Å². The highest BCUT2D eigenvalue weighted by Crippen LogP contribution is 2.44. The normalized spacial score (nSPS) is 32.4. The van der Waals surface area contributed by atoms with Crippen LogP contribution in [0.25, 0.3) is 22.2 Å². The maximum absolute atomic E-state index is 11.3. The van der Waals surface area contributed by atoms with Crippen LogP contribution in [0, 0.1) is 0 Å². The van der Waals surface area contributed by atoms with Crippen molar-refractivity contribution in [1.29, 1.82) is 0 Å². The number of H-pyrrole nitrogens is 1. The Morgan fingerprint density at radius 3 is 2.76 bits per heavy atom. The van der Waals surface area contributed by atoms with Gasteiger partial charge in [-0.15, -0.1) is 0 Å². The van der Waals surface area contributed by atoms with Crippen LogP contribution in [0.2, 0.25) is 0 Å². The van der Waals surface area contributed by atoms with E-state index >= 15 is 0 Å². The Kier molecular flexibility index (Phi) is 6.15. The molecule has 12 heteroatoms. The Morgan fingerprint density at radius 1 is 1.17 bits per heavy atom. The number of aromatic amines is 1. The van der Waals surface area contributed by atoms with Crippen molar-refractivity contribution in [1.82, 2.24) is 34.4 Å². The fraction of sp³-hybridized carbons (Fsp3) is 0.586. The maximum atomic E-state index is 11.3. The van der Waals surface area contributed by atoms with Gasteiger partial charge in [-0.05, 0) is 49.3 Å². The topological polar surface area (TPSA) is 160 Å². The van der Waals surface area contributed by atoms with Gasteiger partial charge < -0.3 is 30.4 Å². The number of nitrogens with zero attached hydrogens (tertiary/aromatic N) is 6. The first kappa shape index (κ1) is 26.7. The van der Waals surface area contributed by atoms with Gasteiger partial charge in [-0.25, -0.2) is 19.9 Å². The lowest BCUT2D eigenvalue weighted by atomic mass is 9.72. The van der Waals surface area contributed by atoms with Crippen LogP contribution in [-0.2, 0) is 21.3 Å². The predicted molar refractivity (Wildman–Crippen MR) is 152 cm³/mol. The standard InChI is InChI=1S/C29H38N8O4/c1-15-36(12-20-24(40-15)23(38)27(41-20)37-14-33-22-25(30)31-13-32-26(22)37)17-10-29(39,11-17)8-7-21-34-18-6-5-16(28(2,3)4)9-19(18)35-21/h5-6,9,13-15,17,20,23-24,27,38-39H,7-8,10-12H2,1-4H3,(H,34,35)(H2,30,31,32)/t15?,17-,20-,23-,24-,27-,29+/m1/s1. The number of aryl methyl sites for hydroxylation is 1. The van der Waals surface area contributed by atoms with Gasteiger partial charge in [0.25, 0.3) is 0 Å². The number of rotatable bonds is 5. The number of aromatic nitrogens is 6. The molecule has 12 nitrogen and oxygen atoms in total. The number of imidazole rings is 2. The summed E-state index contributed by atoms with van der Waals surface area (Å²) in [5.74, 6) is 1.18. The Hall–Kier alpha value is -3.16. The van der Waals surface area contributed by atoms with Crippen LogP contribution in [0.4, 0.5) is 5.82 Å². The van der Waals surface area contributed by atoms with Crippen LogP contribution in [-0.4, -0.2) is 87.3 Å². The zero-order valence-corrected chi connectivity index (χ0v) is 23.9. The summed E-state index contributed by atoms with van der Waals surface area (Å²) < 4.78 is 14.3. The number of nitrogen functional groups attached to an aromatic ring is 1. The third-order valence-electron chi connectivity index (χ3n) is 9.11. The van der Waals surface area contributed by atoms with Crippen molar-refractivity contribution in [2.75, 3.05) is 12.3 Å². The molecule has 7 rings (SSSR count). The average molecular weight is 563 g/mol. The summed E-state index contributed by atoms with van der Waals surface area (Å²) in [5.41, 5.74) is 9.49. The average Bonchev–Trinajstić information content (AvgIpc) is 3.60. The van der Waals surface area contributed by atoms with E-state index in [2.05, 4.69) is 63.8 Å². The van der Waals surface area contributed by atoms with Crippen LogP contribution in [0.1, 0.15) is 64.6 Å². The Morgan fingerprint density at radius 2 is 1.98 bits per heavy atom. The molecule has 41 heavy (non-hydrogen) atoms. The third-order valence-corrected chi connectivity index (χ3v) is 9.11. The van der Waals surface area contributed by atoms with Crippen molar-refractivity contribution in [3.63, 3.8) is 0 Å². The van der Waals surface area contributed by atoms with Gasteiger partial charge in [-0.2, -0.15) is 0 Å². The molecule has 0 spiro atoms. The summed E-state index contributed by atoms with van der Waals surface area (Å²) in [6.45, 7) is 9.19. The summed E-state index contributed by atoms with van der Waals surface area (Å²) in [6, 6.07) is 6.57. The van der Waals surface area contributed by atoms with Crippen molar-refractivity contribution in [3.8, 4) is 0 Å². The molecule has 0 radical (unpaired) electrons. The molecule has 1 unspecified atom stereocenters. The van der Waals surface area contributed by atoms with Gasteiger partial charge in [0.2, 0.25) is 0 Å². The van der Waals surface area contributed by atoms with Gasteiger partial charge in [-0.1, -0.05) is 26.8 Å². The molecule has 4 aromatic rings. The first-order chi connectivity index (χ1) is 19.5. The molecular formula is C29H38N8O4. The van der Waals surface area contributed by atoms with E-state index < -0.39 is 24.0 Å². The lowest BCUT2D eigenvalue weighted by Gasteiger charge is -2.53. The molecule has 1 aromatic carbocycles. The van der Waals surface area contributed by atoms with Crippen molar-refractivity contribution in [2.24, 2.45) is 0 Å². The van der Waals surface area contributed by atoms with E-state index in [9.17, 15) is 10.2 Å². The number of nitrogens with one attached hydrogen (secondary N) is 1. The molecule has 3 aliphatic rings. The summed E-state index contributed by atoms with van der Waals surface area (Å²) >= 11 is 0. The molecule has 1 aliphatic carbocycles. The summed E-state index contributed by atoms with van der Waals surface area (Å²) in [4.78, 5) is 23.1. The molecule has 0 amide bonds. The smallest absolute Gasteiger partial charge is 0.167 e. The second-order valence-corrected chi connectivity index (χ2v) is 13.0. The second kappa shape index (κ2) is 9.43. The predicted octanol–water partition coefficient (Wildman–Crippen LogP) is 2.41. The molecule has 3 aromatic heterocycles. The largest absolute Gasteiger partial charge is 0.390 e. The van der Waals surface area contributed by atoms with Crippen molar-refractivity contribution in [2.45, 2.75) is 101 Å². The number of hydrogen-bond acceptors (Lipinski definition) is 10. The number of anilines is 1. The molecule has 2 saturated heterocycles. The molecule has 1 saturated carbocycles. The maximum Gasteiger partial charge on any atom is 0.167 e. The van der Waals surface area contributed by atoms with Crippen LogP contribution in [0.15, 0.2) is 30.9 Å². The molecule has 2 aliphatic heterocycles. The monoisotopic (exact) mass is 562 g/mol. The van der Waals surface area contributed by atoms with Gasteiger partial charge in [-0.3, -0.25) is 9.47 Å². The summed E-state index contributed by atoms with van der Waals surface area (Å²) in [6.07, 6.45) is 2.97. The highest BCUT2D eigenvalue weighted by Gasteiger charge is 2.54. The number of fused-ring (bicyclic) bond motifs is 3. The van der Waals surface area contributed by atoms with E-state index in [0.29, 0.717) is 43.4 Å². The SMILES string of the molecule is CC1O[C@H]2[C@@H](O)[C@H](n3cnc4c(N)ncnc43)O[C@@H]2CN1[C@H]1C[C@](O)(CCc2nc3cc(C(C)(C)C)ccc3[nH]2)C1. The third kappa shape index (κ3) is 4.58. The number of aliphatic hydroxyl groups is 2. The zero-order valence-electron chi connectivity index (χ0n) is 23.9. The minimum absolute atomic E-state index is 0.0681. The van der Waals surface area contributed by atoms with Crippen LogP contribution in [0.3, 0.4) is 0 Å². The Bertz CT molecular complexity index is 1590. The lowest BCUT2D eigenvalue weighted by Crippen LogP contribution is -2.63. The van der Waals surface area contributed by atoms with Gasteiger partial charge in [0.15, 0.2) is 17.7 Å². The van der Waals surface area contributed by atoms with E-state index in [4.69, 9.17) is 20.2 Å². The molecular weight excluding hydrogens is 524 g/mol. The first-order valence-electron chi connectivity index (χ1n) is 14.4. The van der Waals surface area contributed by atoms with E-state index in [1.165, 1.54) is 11.9 Å². The van der Waals surface area contributed by atoms with Crippen LogP contribution < -0.4 is 5.73 Å². The van der Waals surface area contributed by atoms with Gasteiger partial charge in [0.05, 0.1) is 23.0 Å². The van der Waals surface area contributed by atoms with E-state index in [-0.39, 0.29) is 29.6 Å². The Labute approximate surface area is 237 Å². The van der Waals surface area contributed by atoms with E-state index in [1.807, 2.05) is 6.92 Å². The van der Waals surface area contributed by atoms with E-state index in [1.54, 1.807) is 10.9 Å². The number of ether oxygens (including phenoxy) is 2. The zero-order chi connectivity index (χ0) is 28.7. The fourth-order valence-corrected chi connectivity index (χ4v) is 6.68. The molecule has 5 atom stereocenters. The van der Waals surface area contributed by atoms with Crippen LogP contribution >= 0.6 is 0 Å². The number of hydrogen-bond donors (Lipinski definition) is 4. The molecule has 5 N–H and O–H groups in total.